The molecule has 1 saturated carbocycles. The lowest BCUT2D eigenvalue weighted by Crippen LogP contribution is -2.41. The topological polar surface area (TPSA) is 26.3 Å². The third-order valence-corrected chi connectivity index (χ3v) is 6.70. The van der Waals surface area contributed by atoms with Gasteiger partial charge in [-0.05, 0) is 73.1 Å². The van der Waals surface area contributed by atoms with Crippen LogP contribution in [0.25, 0.3) is 0 Å². The number of allylic oxidation sites excluding steroid dienone is 2. The molecule has 0 radical (unpaired) electrons. The number of fused-ring (bicyclic) bond motifs is 5. The Kier molecular flexibility index (Phi) is 3.57. The van der Waals surface area contributed by atoms with E-state index >= 15 is 0 Å². The molecule has 3 aliphatic carbocycles. The standard InChI is InChI=1S/C22H24O2/c1-4-16-6-10-21-20-8-5-15-13-17(24-14(2)23)7-9-18(15)19(20)11-12-22(16,21)3/h1,6-7,9,13,19-21H,5,8,10-12H2,2-3H3/t19-,20-,21+,22-/m1/s1. The van der Waals surface area contributed by atoms with Gasteiger partial charge < -0.3 is 4.74 Å². The first-order valence-corrected chi connectivity index (χ1v) is 9.01. The van der Waals surface area contributed by atoms with Crippen molar-refractivity contribution in [1.82, 2.24) is 0 Å². The number of benzene rings is 1. The maximum Gasteiger partial charge on any atom is 0.308 e. The fourth-order valence-corrected chi connectivity index (χ4v) is 5.58. The molecule has 0 heterocycles. The maximum absolute atomic E-state index is 11.2. The normalized spacial score (nSPS) is 33.5. The second-order valence-corrected chi connectivity index (χ2v) is 7.82. The lowest BCUT2D eigenvalue weighted by molar-refractivity contribution is -0.131. The highest BCUT2D eigenvalue weighted by Gasteiger charge is 2.51. The molecule has 0 spiro atoms. The summed E-state index contributed by atoms with van der Waals surface area (Å²) in [7, 11) is 0. The van der Waals surface area contributed by atoms with Crippen LogP contribution in [0.3, 0.4) is 0 Å². The Morgan fingerprint density at radius 1 is 1.38 bits per heavy atom. The zero-order valence-corrected chi connectivity index (χ0v) is 14.5. The second kappa shape index (κ2) is 5.52. The van der Waals surface area contributed by atoms with E-state index in [2.05, 4.69) is 31.1 Å². The number of carbonyl (C=O) groups is 1. The van der Waals surface area contributed by atoms with Crippen LogP contribution in [-0.4, -0.2) is 5.97 Å². The van der Waals surface area contributed by atoms with E-state index in [1.165, 1.54) is 42.9 Å². The van der Waals surface area contributed by atoms with Gasteiger partial charge in [-0.2, -0.15) is 0 Å². The monoisotopic (exact) mass is 320 g/mol. The third-order valence-electron chi connectivity index (χ3n) is 6.70. The molecule has 124 valence electrons. The van der Waals surface area contributed by atoms with Crippen LogP contribution in [-0.2, 0) is 11.2 Å². The largest absolute Gasteiger partial charge is 0.427 e. The van der Waals surface area contributed by atoms with E-state index in [0.29, 0.717) is 17.6 Å². The molecule has 0 aliphatic heterocycles. The van der Waals surface area contributed by atoms with Gasteiger partial charge in [-0.25, -0.2) is 0 Å². The summed E-state index contributed by atoms with van der Waals surface area (Å²) in [5.74, 6) is 5.41. The molecule has 0 bridgehead atoms. The van der Waals surface area contributed by atoms with E-state index in [-0.39, 0.29) is 11.4 Å². The molecule has 0 N–H and O–H groups in total. The van der Waals surface area contributed by atoms with Crippen molar-refractivity contribution in [3.63, 3.8) is 0 Å². The number of terminal acetylenes is 1. The number of esters is 1. The van der Waals surface area contributed by atoms with E-state index in [0.717, 1.165) is 18.8 Å². The highest BCUT2D eigenvalue weighted by molar-refractivity contribution is 5.69. The summed E-state index contributed by atoms with van der Waals surface area (Å²) in [5.41, 5.74) is 4.28. The minimum atomic E-state index is -0.254. The molecule has 0 unspecified atom stereocenters. The molecule has 4 atom stereocenters. The van der Waals surface area contributed by atoms with E-state index in [4.69, 9.17) is 11.2 Å². The van der Waals surface area contributed by atoms with Gasteiger partial charge in [0.15, 0.2) is 0 Å². The van der Waals surface area contributed by atoms with Crippen molar-refractivity contribution in [2.45, 2.75) is 51.9 Å². The quantitative estimate of drug-likeness (QED) is 0.428. The van der Waals surface area contributed by atoms with Crippen molar-refractivity contribution in [3.8, 4) is 18.1 Å². The Hall–Kier alpha value is -2.01. The van der Waals surface area contributed by atoms with Gasteiger partial charge in [0.25, 0.3) is 0 Å². The summed E-state index contributed by atoms with van der Waals surface area (Å²) >= 11 is 0. The average Bonchev–Trinajstić information content (AvgIpc) is 2.90. The van der Waals surface area contributed by atoms with Crippen LogP contribution in [0.1, 0.15) is 56.6 Å². The van der Waals surface area contributed by atoms with Crippen LogP contribution < -0.4 is 4.74 Å². The van der Waals surface area contributed by atoms with Crippen molar-refractivity contribution in [3.05, 3.63) is 41.0 Å². The van der Waals surface area contributed by atoms with E-state index in [1.807, 2.05) is 6.07 Å². The smallest absolute Gasteiger partial charge is 0.308 e. The number of ether oxygens (including phenoxy) is 1. The van der Waals surface area contributed by atoms with Gasteiger partial charge in [-0.3, -0.25) is 4.79 Å². The molecule has 1 fully saturated rings. The third kappa shape index (κ3) is 2.22. The summed E-state index contributed by atoms with van der Waals surface area (Å²) in [5, 5.41) is 0. The summed E-state index contributed by atoms with van der Waals surface area (Å²) in [6.45, 7) is 3.83. The first-order chi connectivity index (χ1) is 11.5. The van der Waals surface area contributed by atoms with Crippen LogP contribution in [0.2, 0.25) is 0 Å². The molecule has 0 amide bonds. The Morgan fingerprint density at radius 2 is 2.21 bits per heavy atom. The summed E-state index contributed by atoms with van der Waals surface area (Å²) < 4.78 is 5.26. The summed E-state index contributed by atoms with van der Waals surface area (Å²) in [4.78, 5) is 11.2. The second-order valence-electron chi connectivity index (χ2n) is 7.82. The van der Waals surface area contributed by atoms with Crippen molar-refractivity contribution >= 4 is 5.97 Å². The zero-order valence-electron chi connectivity index (χ0n) is 14.5. The molecule has 1 aromatic rings. The Bertz CT molecular complexity index is 767. The van der Waals surface area contributed by atoms with Gasteiger partial charge in [-0.15, -0.1) is 6.42 Å². The molecule has 1 aromatic carbocycles. The van der Waals surface area contributed by atoms with Gasteiger partial charge in [0.1, 0.15) is 5.75 Å². The lowest BCUT2D eigenvalue weighted by Gasteiger charge is -2.49. The van der Waals surface area contributed by atoms with Gasteiger partial charge >= 0.3 is 5.97 Å². The minimum absolute atomic E-state index is 0.213. The molecular formula is C22H24O2. The van der Waals surface area contributed by atoms with Crippen LogP contribution in [0, 0.1) is 29.6 Å². The molecule has 3 aliphatic rings. The van der Waals surface area contributed by atoms with E-state index in [9.17, 15) is 4.79 Å². The predicted octanol–water partition coefficient (Wildman–Crippen LogP) is 4.64. The van der Waals surface area contributed by atoms with Gasteiger partial charge in [-0.1, -0.05) is 25.0 Å². The Morgan fingerprint density at radius 3 is 2.96 bits per heavy atom. The summed E-state index contributed by atoms with van der Waals surface area (Å²) in [6, 6.07) is 6.22. The highest BCUT2D eigenvalue weighted by atomic mass is 16.5. The number of hydrogen-bond donors (Lipinski definition) is 0. The maximum atomic E-state index is 11.2. The fourth-order valence-electron chi connectivity index (χ4n) is 5.58. The Balaban J connectivity index is 1.64. The van der Waals surface area contributed by atoms with Crippen LogP contribution in [0.4, 0.5) is 0 Å². The fraction of sp³-hybridized carbons (Fsp3) is 0.500. The first kappa shape index (κ1) is 15.5. The molecule has 2 heteroatoms. The molecule has 24 heavy (non-hydrogen) atoms. The number of hydrogen-bond acceptors (Lipinski definition) is 2. The molecule has 2 nitrogen and oxygen atoms in total. The van der Waals surface area contributed by atoms with E-state index in [1.54, 1.807) is 0 Å². The highest BCUT2D eigenvalue weighted by Crippen LogP contribution is 2.60. The molecule has 0 saturated heterocycles. The van der Waals surface area contributed by atoms with Crippen molar-refractivity contribution in [2.75, 3.05) is 0 Å². The van der Waals surface area contributed by atoms with Crippen LogP contribution in [0.5, 0.6) is 5.75 Å². The van der Waals surface area contributed by atoms with Gasteiger partial charge in [0, 0.05) is 17.9 Å². The van der Waals surface area contributed by atoms with Gasteiger partial charge in [0.2, 0.25) is 0 Å². The van der Waals surface area contributed by atoms with Gasteiger partial charge in [0.05, 0.1) is 0 Å². The molecule has 0 aromatic heterocycles. The van der Waals surface area contributed by atoms with Crippen molar-refractivity contribution in [1.29, 1.82) is 0 Å². The zero-order chi connectivity index (χ0) is 16.9. The van der Waals surface area contributed by atoms with Crippen molar-refractivity contribution in [2.24, 2.45) is 17.3 Å². The van der Waals surface area contributed by atoms with Crippen LogP contribution >= 0.6 is 0 Å². The minimum Gasteiger partial charge on any atom is -0.427 e. The summed E-state index contributed by atoms with van der Waals surface area (Å²) in [6.07, 6.45) is 13.9. The Labute approximate surface area is 144 Å². The number of aryl methyl sites for hydroxylation is 1. The van der Waals surface area contributed by atoms with E-state index < -0.39 is 0 Å². The van der Waals surface area contributed by atoms with Crippen LogP contribution in [0.15, 0.2) is 29.8 Å². The van der Waals surface area contributed by atoms with Crippen molar-refractivity contribution < 1.29 is 9.53 Å². The predicted molar refractivity (Wildman–Crippen MR) is 94.7 cm³/mol. The molecular weight excluding hydrogens is 296 g/mol. The lowest BCUT2D eigenvalue weighted by atomic mass is 9.54. The number of carbonyl (C=O) groups excluding carboxylic acids is 1. The number of rotatable bonds is 1. The average molecular weight is 320 g/mol. The first-order valence-electron chi connectivity index (χ1n) is 9.01. The molecule has 4 rings (SSSR count). The SMILES string of the molecule is C#CC1=CC[C@H]2[C@@H]3CCc4cc(OC(C)=O)ccc4[C@H]3CC[C@]12C.